The average Bonchev–Trinajstić information content (AvgIpc) is 2.58. The maximum absolute atomic E-state index is 5.72. The molecule has 0 radical (unpaired) electrons. The summed E-state index contributed by atoms with van der Waals surface area (Å²) in [6, 6.07) is 12.5. The van der Waals surface area contributed by atoms with Crippen LogP contribution in [0.4, 0.5) is 0 Å². The van der Waals surface area contributed by atoms with Crippen molar-refractivity contribution in [2.75, 3.05) is 13.2 Å². The van der Waals surface area contributed by atoms with Crippen LogP contribution < -0.4 is 10.1 Å². The van der Waals surface area contributed by atoms with Crippen molar-refractivity contribution < 1.29 is 4.74 Å². The van der Waals surface area contributed by atoms with E-state index in [9.17, 15) is 0 Å². The van der Waals surface area contributed by atoms with Crippen molar-refractivity contribution in [2.45, 2.75) is 39.2 Å². The van der Waals surface area contributed by atoms with Crippen LogP contribution in [0.3, 0.4) is 0 Å². The Labute approximate surface area is 133 Å². The van der Waals surface area contributed by atoms with Gasteiger partial charge < -0.3 is 10.1 Å². The molecule has 0 unspecified atom stereocenters. The second kappa shape index (κ2) is 9.96. The monoisotopic (exact) mass is 298 g/mol. The number of unbranched alkanes of at least 4 members (excludes halogenated alkanes) is 2. The van der Waals surface area contributed by atoms with E-state index in [4.69, 9.17) is 4.74 Å². The molecule has 2 rings (SSSR count). The minimum Gasteiger partial charge on any atom is -0.494 e. The summed E-state index contributed by atoms with van der Waals surface area (Å²) in [6.07, 6.45) is 8.34. The second-order valence-corrected chi connectivity index (χ2v) is 5.49. The smallest absolute Gasteiger partial charge is 0.119 e. The molecule has 0 amide bonds. The molecule has 0 aliphatic carbocycles. The highest BCUT2D eigenvalue weighted by Crippen LogP contribution is 2.12. The molecule has 0 aliphatic heterocycles. The Morgan fingerprint density at radius 3 is 2.64 bits per heavy atom. The van der Waals surface area contributed by atoms with Gasteiger partial charge in [-0.25, -0.2) is 0 Å². The van der Waals surface area contributed by atoms with Gasteiger partial charge in [0.25, 0.3) is 0 Å². The molecule has 0 saturated heterocycles. The number of hydrogen-bond donors (Lipinski definition) is 1. The van der Waals surface area contributed by atoms with Gasteiger partial charge in [0.15, 0.2) is 0 Å². The van der Waals surface area contributed by atoms with Crippen molar-refractivity contribution in [2.24, 2.45) is 0 Å². The fraction of sp³-hybridized carbons (Fsp3) is 0.421. The lowest BCUT2D eigenvalue weighted by molar-refractivity contribution is 0.306. The first-order chi connectivity index (χ1) is 10.9. The van der Waals surface area contributed by atoms with Gasteiger partial charge in [-0.15, -0.1) is 0 Å². The number of ether oxygens (including phenoxy) is 1. The third-order valence-electron chi connectivity index (χ3n) is 3.58. The minimum absolute atomic E-state index is 0.816. The number of nitrogens with one attached hydrogen (secondary N) is 1. The summed E-state index contributed by atoms with van der Waals surface area (Å²) < 4.78 is 5.72. The zero-order chi connectivity index (χ0) is 15.5. The summed E-state index contributed by atoms with van der Waals surface area (Å²) in [5.41, 5.74) is 2.55. The van der Waals surface area contributed by atoms with Crippen LogP contribution in [0.15, 0.2) is 48.8 Å². The average molecular weight is 298 g/mol. The van der Waals surface area contributed by atoms with Crippen LogP contribution in [0.5, 0.6) is 5.75 Å². The molecule has 0 fully saturated rings. The van der Waals surface area contributed by atoms with E-state index in [0.29, 0.717) is 0 Å². The van der Waals surface area contributed by atoms with Gasteiger partial charge in [0, 0.05) is 18.9 Å². The SMILES string of the molecule is CCCCCOc1ccc(CNCCc2cccnc2)cc1. The molecule has 1 aromatic heterocycles. The van der Waals surface area contributed by atoms with Gasteiger partial charge in [-0.2, -0.15) is 0 Å². The molecule has 1 N–H and O–H groups in total. The van der Waals surface area contributed by atoms with Gasteiger partial charge in [-0.05, 0) is 48.7 Å². The Hall–Kier alpha value is -1.87. The van der Waals surface area contributed by atoms with Gasteiger partial charge in [0.2, 0.25) is 0 Å². The highest BCUT2D eigenvalue weighted by atomic mass is 16.5. The van der Waals surface area contributed by atoms with Gasteiger partial charge in [0.1, 0.15) is 5.75 Å². The highest BCUT2D eigenvalue weighted by Gasteiger charge is 1.97. The first kappa shape index (κ1) is 16.5. The molecule has 3 nitrogen and oxygen atoms in total. The van der Waals surface area contributed by atoms with Crippen molar-refractivity contribution >= 4 is 0 Å². The lowest BCUT2D eigenvalue weighted by Crippen LogP contribution is -2.16. The van der Waals surface area contributed by atoms with Crippen molar-refractivity contribution in [3.05, 3.63) is 59.9 Å². The summed E-state index contributed by atoms with van der Waals surface area (Å²) in [7, 11) is 0. The lowest BCUT2D eigenvalue weighted by Gasteiger charge is -2.08. The standard InChI is InChI=1S/C19H26N2O/c1-2-3-4-14-22-19-9-7-18(8-10-19)16-21-13-11-17-6-5-12-20-15-17/h5-10,12,15,21H,2-4,11,13-14,16H2,1H3. The van der Waals surface area contributed by atoms with Crippen molar-refractivity contribution in [1.82, 2.24) is 10.3 Å². The second-order valence-electron chi connectivity index (χ2n) is 5.49. The molecule has 22 heavy (non-hydrogen) atoms. The maximum atomic E-state index is 5.72. The zero-order valence-corrected chi connectivity index (χ0v) is 13.4. The van der Waals surface area contributed by atoms with E-state index in [-0.39, 0.29) is 0 Å². The van der Waals surface area contributed by atoms with E-state index in [2.05, 4.69) is 47.6 Å². The summed E-state index contributed by atoms with van der Waals surface area (Å²) in [5, 5.41) is 3.46. The highest BCUT2D eigenvalue weighted by molar-refractivity contribution is 5.27. The van der Waals surface area contributed by atoms with Gasteiger partial charge in [-0.1, -0.05) is 38.0 Å². The van der Waals surface area contributed by atoms with Crippen molar-refractivity contribution in [1.29, 1.82) is 0 Å². The summed E-state index contributed by atoms with van der Waals surface area (Å²) >= 11 is 0. The third-order valence-corrected chi connectivity index (χ3v) is 3.58. The predicted molar refractivity (Wildman–Crippen MR) is 91.1 cm³/mol. The van der Waals surface area contributed by atoms with Crippen LogP contribution in [0.2, 0.25) is 0 Å². The van der Waals surface area contributed by atoms with Gasteiger partial charge in [0.05, 0.1) is 6.61 Å². The zero-order valence-electron chi connectivity index (χ0n) is 13.4. The molecule has 2 aromatic rings. The van der Waals surface area contributed by atoms with Crippen molar-refractivity contribution in [3.8, 4) is 5.75 Å². The van der Waals surface area contributed by atoms with Crippen molar-refractivity contribution in [3.63, 3.8) is 0 Å². The van der Waals surface area contributed by atoms with Crippen LogP contribution >= 0.6 is 0 Å². The molecule has 3 heteroatoms. The van der Waals surface area contributed by atoms with E-state index in [1.807, 2.05) is 18.5 Å². The predicted octanol–water partition coefficient (Wildman–Crippen LogP) is 3.98. The molecular weight excluding hydrogens is 272 g/mol. The van der Waals surface area contributed by atoms with E-state index >= 15 is 0 Å². The van der Waals surface area contributed by atoms with Crippen LogP contribution in [-0.2, 0) is 13.0 Å². The number of nitrogens with zero attached hydrogens (tertiary/aromatic N) is 1. The Morgan fingerprint density at radius 1 is 1.05 bits per heavy atom. The Morgan fingerprint density at radius 2 is 1.91 bits per heavy atom. The number of rotatable bonds is 10. The van der Waals surface area contributed by atoms with Crippen LogP contribution in [0, 0.1) is 0 Å². The normalized spacial score (nSPS) is 10.6. The quantitative estimate of drug-likeness (QED) is 0.674. The molecule has 0 spiro atoms. The first-order valence-electron chi connectivity index (χ1n) is 8.20. The van der Waals surface area contributed by atoms with E-state index in [1.165, 1.54) is 24.0 Å². The number of hydrogen-bond acceptors (Lipinski definition) is 3. The first-order valence-corrected chi connectivity index (χ1v) is 8.20. The molecule has 118 valence electrons. The topological polar surface area (TPSA) is 34.1 Å². The third kappa shape index (κ3) is 6.27. The maximum Gasteiger partial charge on any atom is 0.119 e. The van der Waals surface area contributed by atoms with E-state index in [0.717, 1.165) is 38.3 Å². The number of benzene rings is 1. The molecular formula is C19H26N2O. The molecule has 0 saturated carbocycles. The fourth-order valence-corrected chi connectivity index (χ4v) is 2.26. The number of pyridine rings is 1. The van der Waals surface area contributed by atoms with Crippen LogP contribution in [0.1, 0.15) is 37.3 Å². The summed E-state index contributed by atoms with van der Waals surface area (Å²) in [4.78, 5) is 4.13. The van der Waals surface area contributed by atoms with Gasteiger partial charge >= 0.3 is 0 Å². The van der Waals surface area contributed by atoms with E-state index < -0.39 is 0 Å². The Balaban J connectivity index is 1.63. The largest absolute Gasteiger partial charge is 0.494 e. The summed E-state index contributed by atoms with van der Waals surface area (Å²) in [6.45, 7) is 4.87. The van der Waals surface area contributed by atoms with Crippen LogP contribution in [0.25, 0.3) is 0 Å². The van der Waals surface area contributed by atoms with Gasteiger partial charge in [-0.3, -0.25) is 4.98 Å². The Bertz CT molecular complexity index is 511. The van der Waals surface area contributed by atoms with Crippen LogP contribution in [-0.4, -0.2) is 18.1 Å². The fourth-order valence-electron chi connectivity index (χ4n) is 2.26. The molecule has 0 atom stereocenters. The minimum atomic E-state index is 0.816. The molecule has 1 aromatic carbocycles. The van der Waals surface area contributed by atoms with E-state index in [1.54, 1.807) is 0 Å². The molecule has 1 heterocycles. The number of aromatic nitrogens is 1. The molecule has 0 aliphatic rings. The summed E-state index contributed by atoms with van der Waals surface area (Å²) in [5.74, 6) is 0.968. The lowest BCUT2D eigenvalue weighted by atomic mass is 10.2. The molecule has 0 bridgehead atoms. The Kier molecular flexibility index (Phi) is 7.47.